The molecule has 2 nitrogen and oxygen atoms in total. The van der Waals surface area contributed by atoms with E-state index in [0.29, 0.717) is 6.42 Å². The second kappa shape index (κ2) is 6.12. The summed E-state index contributed by atoms with van der Waals surface area (Å²) in [6, 6.07) is 0. The Hall–Kier alpha value is 0.119. The van der Waals surface area contributed by atoms with E-state index in [-0.39, 0.29) is 20.1 Å². The molecule has 0 saturated heterocycles. The van der Waals surface area contributed by atoms with Crippen molar-refractivity contribution in [1.82, 2.24) is 0 Å². The molecular weight excluding hydrogens is 272 g/mol. The monoisotopic (exact) mass is 281 g/mol. The minimum atomic E-state index is -0.711. The molecule has 0 spiro atoms. The summed E-state index contributed by atoms with van der Waals surface area (Å²) in [5, 5.41) is 7.91. The van der Waals surface area contributed by atoms with Gasteiger partial charge in [0.05, 0.1) is 0 Å². The zero-order chi connectivity index (χ0) is 4.99. The first-order chi connectivity index (χ1) is 2.77. The predicted molar refractivity (Wildman–Crippen MR) is 22.5 cm³/mol. The Kier molecular flexibility index (Phi) is 8.89. The van der Waals surface area contributed by atoms with Crippen LogP contribution in [0.4, 0.5) is 0 Å². The van der Waals surface area contributed by atoms with Gasteiger partial charge < -0.3 is 5.11 Å². The van der Waals surface area contributed by atoms with Crippen molar-refractivity contribution < 1.29 is 30.0 Å². The van der Waals surface area contributed by atoms with Gasteiger partial charge in [-0.15, -0.1) is 0 Å². The molecule has 1 N–H and O–H groups in total. The summed E-state index contributed by atoms with van der Waals surface area (Å²) >= 11 is 0. The van der Waals surface area contributed by atoms with Crippen LogP contribution in [0.1, 0.15) is 19.8 Å². The molecule has 0 aromatic heterocycles. The average Bonchev–Trinajstić information content (AvgIpc) is 1.35. The fourth-order valence-corrected chi connectivity index (χ4v) is 0.214. The summed E-state index contributed by atoms with van der Waals surface area (Å²) in [6.07, 6.45) is 1.02. The smallest absolute Gasteiger partial charge is 0.303 e. The maximum Gasteiger partial charge on any atom is 0.303 e. The van der Waals surface area contributed by atoms with Crippen molar-refractivity contribution in [3.8, 4) is 0 Å². The molecule has 45 valence electrons. The Morgan fingerprint density at radius 1 is 1.71 bits per heavy atom. The van der Waals surface area contributed by atoms with Crippen molar-refractivity contribution in [3.05, 3.63) is 0 Å². The van der Waals surface area contributed by atoms with Crippen LogP contribution < -0.4 is 0 Å². The summed E-state index contributed by atoms with van der Waals surface area (Å²) < 4.78 is 0. The van der Waals surface area contributed by atoms with Gasteiger partial charge in [0.15, 0.2) is 0 Å². The number of rotatable bonds is 2. The van der Waals surface area contributed by atoms with Crippen molar-refractivity contribution in [2.24, 2.45) is 0 Å². The predicted octanol–water partition coefficient (Wildman–Crippen LogP) is 0.869. The Bertz CT molecular complexity index is 53.7. The molecule has 0 aliphatic rings. The van der Waals surface area contributed by atoms with Crippen LogP contribution >= 0.6 is 0 Å². The molecule has 0 atom stereocenters. The average molecular weight is 280 g/mol. The summed E-state index contributed by atoms with van der Waals surface area (Å²) in [7, 11) is 0. The second-order valence-electron chi connectivity index (χ2n) is 1.14. The molecule has 0 heterocycles. The SMILES string of the molecule is CCCC(=O)O.[Ir]. The molecule has 0 rings (SSSR count). The summed E-state index contributed by atoms with van der Waals surface area (Å²) in [5.41, 5.74) is 0. The third kappa shape index (κ3) is 10.7. The molecular formula is C4H8IrO2. The van der Waals surface area contributed by atoms with Crippen molar-refractivity contribution >= 4 is 5.97 Å². The van der Waals surface area contributed by atoms with Crippen LogP contribution in [0.25, 0.3) is 0 Å². The molecule has 3 heteroatoms. The Morgan fingerprint density at radius 3 is 2.14 bits per heavy atom. The zero-order valence-electron chi connectivity index (χ0n) is 4.10. The van der Waals surface area contributed by atoms with Gasteiger partial charge in [-0.05, 0) is 6.42 Å². The van der Waals surface area contributed by atoms with Crippen LogP contribution in [0, 0.1) is 0 Å². The van der Waals surface area contributed by atoms with Gasteiger partial charge in [-0.25, -0.2) is 0 Å². The second-order valence-corrected chi connectivity index (χ2v) is 1.14. The zero-order valence-corrected chi connectivity index (χ0v) is 6.50. The molecule has 0 unspecified atom stereocenters. The first-order valence-corrected chi connectivity index (χ1v) is 1.99. The maximum absolute atomic E-state index is 9.60. The van der Waals surface area contributed by atoms with E-state index < -0.39 is 5.97 Å². The molecule has 0 amide bonds. The van der Waals surface area contributed by atoms with Crippen molar-refractivity contribution in [1.29, 1.82) is 0 Å². The molecule has 0 aliphatic heterocycles. The summed E-state index contributed by atoms with van der Waals surface area (Å²) in [4.78, 5) is 9.60. The fraction of sp³-hybridized carbons (Fsp3) is 0.750. The maximum atomic E-state index is 9.60. The summed E-state index contributed by atoms with van der Waals surface area (Å²) in [5.74, 6) is -0.711. The van der Waals surface area contributed by atoms with Crippen LogP contribution in [0.5, 0.6) is 0 Å². The van der Waals surface area contributed by atoms with Gasteiger partial charge in [0.1, 0.15) is 0 Å². The third-order valence-electron chi connectivity index (χ3n) is 0.464. The normalized spacial score (nSPS) is 7.00. The molecule has 7 heavy (non-hydrogen) atoms. The molecule has 0 aromatic rings. The van der Waals surface area contributed by atoms with Gasteiger partial charge >= 0.3 is 5.97 Å². The van der Waals surface area contributed by atoms with Crippen molar-refractivity contribution in [2.45, 2.75) is 19.8 Å². The van der Waals surface area contributed by atoms with Crippen LogP contribution in [-0.2, 0) is 24.9 Å². The fourth-order valence-electron chi connectivity index (χ4n) is 0.214. The number of hydrogen-bond donors (Lipinski definition) is 1. The number of hydrogen-bond acceptors (Lipinski definition) is 1. The first kappa shape index (κ1) is 10.2. The van der Waals surface area contributed by atoms with Crippen molar-refractivity contribution in [2.75, 3.05) is 0 Å². The topological polar surface area (TPSA) is 37.3 Å². The van der Waals surface area contributed by atoms with Crippen LogP contribution in [-0.4, -0.2) is 11.1 Å². The Morgan fingerprint density at radius 2 is 2.14 bits per heavy atom. The van der Waals surface area contributed by atoms with Gasteiger partial charge in [0.25, 0.3) is 0 Å². The van der Waals surface area contributed by atoms with E-state index in [1.165, 1.54) is 0 Å². The van der Waals surface area contributed by atoms with Gasteiger partial charge in [-0.2, -0.15) is 0 Å². The minimum absolute atomic E-state index is 0. The molecule has 0 aliphatic carbocycles. The van der Waals surface area contributed by atoms with E-state index in [4.69, 9.17) is 5.11 Å². The van der Waals surface area contributed by atoms with Crippen LogP contribution in [0.2, 0.25) is 0 Å². The molecule has 1 radical (unpaired) electrons. The third-order valence-corrected chi connectivity index (χ3v) is 0.464. The van der Waals surface area contributed by atoms with E-state index in [2.05, 4.69) is 0 Å². The Balaban J connectivity index is 0. The molecule has 0 saturated carbocycles. The van der Waals surface area contributed by atoms with E-state index >= 15 is 0 Å². The quantitative estimate of drug-likeness (QED) is 0.815. The van der Waals surface area contributed by atoms with Gasteiger partial charge in [-0.1, -0.05) is 6.92 Å². The Labute approximate surface area is 56.3 Å². The standard InChI is InChI=1S/C4H8O2.Ir/c1-2-3-4(5)6;/h2-3H2,1H3,(H,5,6);. The largest absolute Gasteiger partial charge is 0.481 e. The van der Waals surface area contributed by atoms with E-state index in [1.807, 2.05) is 6.92 Å². The van der Waals surface area contributed by atoms with Crippen LogP contribution in [0.3, 0.4) is 0 Å². The number of carbonyl (C=O) groups is 1. The minimum Gasteiger partial charge on any atom is -0.481 e. The number of carboxylic acids is 1. The van der Waals surface area contributed by atoms with Gasteiger partial charge in [0, 0.05) is 26.5 Å². The molecule has 0 aromatic carbocycles. The van der Waals surface area contributed by atoms with Gasteiger partial charge in [0.2, 0.25) is 0 Å². The molecule has 0 fully saturated rings. The first-order valence-electron chi connectivity index (χ1n) is 1.99. The van der Waals surface area contributed by atoms with E-state index in [0.717, 1.165) is 6.42 Å². The van der Waals surface area contributed by atoms with E-state index in [1.54, 1.807) is 0 Å². The van der Waals surface area contributed by atoms with E-state index in [9.17, 15) is 4.79 Å². The summed E-state index contributed by atoms with van der Waals surface area (Å²) in [6.45, 7) is 1.84. The van der Waals surface area contributed by atoms with Crippen LogP contribution in [0.15, 0.2) is 0 Å². The number of aliphatic carboxylic acids is 1. The van der Waals surface area contributed by atoms with Gasteiger partial charge in [-0.3, -0.25) is 4.79 Å². The van der Waals surface area contributed by atoms with Crippen molar-refractivity contribution in [3.63, 3.8) is 0 Å². The number of carboxylic acid groups (broad SMARTS) is 1. The molecule has 0 bridgehead atoms.